The van der Waals surface area contributed by atoms with Gasteiger partial charge in [0.25, 0.3) is 0 Å². The van der Waals surface area contributed by atoms with E-state index in [1.54, 1.807) is 0 Å². The third kappa shape index (κ3) is 4.82. The van der Waals surface area contributed by atoms with Gasteiger partial charge in [-0.1, -0.05) is 42.8 Å². The van der Waals surface area contributed by atoms with Crippen LogP contribution < -0.4 is 4.74 Å². The molecular weight excluding hydrogens is 404 g/mol. The van der Waals surface area contributed by atoms with Crippen LogP contribution in [-0.2, 0) is 20.4 Å². The summed E-state index contributed by atoms with van der Waals surface area (Å²) in [5, 5.41) is 0. The highest BCUT2D eigenvalue weighted by atomic mass is 32.2. The van der Waals surface area contributed by atoms with Crippen molar-refractivity contribution < 1.29 is 14.2 Å². The molecule has 2 fully saturated rings. The minimum atomic E-state index is -0.337. The van der Waals surface area contributed by atoms with Gasteiger partial charge in [0.15, 0.2) is 20.5 Å². The number of hydrogen-bond donors (Lipinski definition) is 0. The van der Waals surface area contributed by atoms with Crippen LogP contribution in [0.3, 0.4) is 0 Å². The predicted molar refractivity (Wildman–Crippen MR) is 124 cm³/mol. The van der Waals surface area contributed by atoms with Gasteiger partial charge in [0, 0.05) is 12.8 Å². The molecule has 3 aromatic carbocycles. The van der Waals surface area contributed by atoms with Gasteiger partial charge in [0.1, 0.15) is 18.5 Å². The van der Waals surface area contributed by atoms with Crippen LogP contribution in [0.15, 0.2) is 99.6 Å². The molecule has 1 aliphatic heterocycles. The zero-order valence-electron chi connectivity index (χ0n) is 17.7. The molecule has 1 unspecified atom stereocenters. The number of ether oxygens (including phenoxy) is 3. The molecule has 1 atom stereocenters. The summed E-state index contributed by atoms with van der Waals surface area (Å²) < 4.78 is 18.3. The Morgan fingerprint density at radius 2 is 1.32 bits per heavy atom. The SMILES string of the molecule is c1ccc([S+](c2ccccc2)c2ccc(OCC3COC4(CCCCC4)O3)cc2)cc1. The zero-order chi connectivity index (χ0) is 20.9. The molecule has 2 aliphatic rings. The molecule has 0 radical (unpaired) electrons. The van der Waals surface area contributed by atoms with Crippen LogP contribution in [0, 0.1) is 0 Å². The third-order valence-corrected chi connectivity index (χ3v) is 8.21. The molecule has 1 heterocycles. The lowest BCUT2D eigenvalue weighted by molar-refractivity contribution is -0.189. The van der Waals surface area contributed by atoms with Crippen molar-refractivity contribution >= 4 is 10.9 Å². The second-order valence-corrected chi connectivity index (χ2v) is 10.3. The van der Waals surface area contributed by atoms with Crippen LogP contribution in [0.25, 0.3) is 0 Å². The summed E-state index contributed by atoms with van der Waals surface area (Å²) in [5.41, 5.74) is 0. The molecule has 5 rings (SSSR count). The Bertz CT molecular complexity index is 913. The van der Waals surface area contributed by atoms with Gasteiger partial charge in [0.2, 0.25) is 0 Å². The van der Waals surface area contributed by atoms with Crippen LogP contribution >= 0.6 is 0 Å². The Morgan fingerprint density at radius 3 is 1.94 bits per heavy atom. The number of benzene rings is 3. The molecule has 31 heavy (non-hydrogen) atoms. The third-order valence-electron chi connectivity index (χ3n) is 5.98. The summed E-state index contributed by atoms with van der Waals surface area (Å²) in [6.07, 6.45) is 5.72. The van der Waals surface area contributed by atoms with E-state index < -0.39 is 0 Å². The maximum Gasteiger partial charge on any atom is 0.169 e. The van der Waals surface area contributed by atoms with Crippen molar-refractivity contribution in [1.82, 2.24) is 0 Å². The largest absolute Gasteiger partial charge is 0.491 e. The van der Waals surface area contributed by atoms with Crippen molar-refractivity contribution in [2.75, 3.05) is 13.2 Å². The van der Waals surface area contributed by atoms with Crippen LogP contribution in [0.4, 0.5) is 0 Å². The van der Waals surface area contributed by atoms with Gasteiger partial charge >= 0.3 is 0 Å². The zero-order valence-corrected chi connectivity index (χ0v) is 18.6. The molecule has 1 spiro atoms. The Kier molecular flexibility index (Phi) is 6.30. The molecule has 1 saturated carbocycles. The average molecular weight is 434 g/mol. The molecule has 0 aromatic heterocycles. The topological polar surface area (TPSA) is 27.7 Å². The first-order valence-corrected chi connectivity index (χ1v) is 12.4. The maximum absolute atomic E-state index is 6.24. The van der Waals surface area contributed by atoms with Gasteiger partial charge in [-0.25, -0.2) is 0 Å². The standard InChI is InChI=1S/C27H29O3S/c1-4-10-24(11-5-1)31(25-12-6-2-7-13-25)26-16-14-22(15-17-26)28-20-23-21-29-27(30-23)18-8-3-9-19-27/h1-2,4-7,10-17,23H,3,8-9,18-21H2/q+1. The molecule has 0 bridgehead atoms. The highest BCUT2D eigenvalue weighted by Crippen LogP contribution is 2.38. The van der Waals surface area contributed by atoms with E-state index >= 15 is 0 Å². The minimum absolute atomic E-state index is 0.0148. The van der Waals surface area contributed by atoms with Crippen molar-refractivity contribution in [2.45, 2.75) is 58.7 Å². The van der Waals surface area contributed by atoms with Crippen LogP contribution in [-0.4, -0.2) is 25.1 Å². The van der Waals surface area contributed by atoms with E-state index in [9.17, 15) is 0 Å². The molecule has 4 heteroatoms. The fraction of sp³-hybridized carbons (Fsp3) is 0.333. The lowest BCUT2D eigenvalue weighted by Crippen LogP contribution is -2.34. The fourth-order valence-electron chi connectivity index (χ4n) is 4.43. The van der Waals surface area contributed by atoms with Crippen LogP contribution in [0.1, 0.15) is 32.1 Å². The van der Waals surface area contributed by atoms with Crippen molar-refractivity contribution in [3.63, 3.8) is 0 Å². The molecule has 0 N–H and O–H groups in total. The average Bonchev–Trinajstić information content (AvgIpc) is 3.22. The molecule has 1 saturated heterocycles. The molecule has 0 amide bonds. The van der Waals surface area contributed by atoms with Crippen LogP contribution in [0.5, 0.6) is 5.75 Å². The maximum atomic E-state index is 6.24. The normalized spacial score (nSPS) is 20.2. The highest BCUT2D eigenvalue weighted by Gasteiger charge is 2.42. The summed E-state index contributed by atoms with van der Waals surface area (Å²) in [4.78, 5) is 3.92. The van der Waals surface area contributed by atoms with Gasteiger partial charge in [-0.05, 0) is 61.4 Å². The summed E-state index contributed by atoms with van der Waals surface area (Å²) in [6.45, 7) is 1.16. The van der Waals surface area contributed by atoms with Crippen LogP contribution in [0.2, 0.25) is 0 Å². The van der Waals surface area contributed by atoms with E-state index in [2.05, 4.69) is 84.9 Å². The Balaban J connectivity index is 1.26. The van der Waals surface area contributed by atoms with E-state index in [4.69, 9.17) is 14.2 Å². The second kappa shape index (κ2) is 9.47. The molecule has 160 valence electrons. The molecule has 3 aromatic rings. The predicted octanol–water partition coefficient (Wildman–Crippen LogP) is 6.24. The Hall–Kier alpha value is -2.27. The molecule has 1 aliphatic carbocycles. The quantitative estimate of drug-likeness (QED) is 0.431. The second-order valence-electron chi connectivity index (χ2n) is 8.24. The van der Waals surface area contributed by atoms with E-state index in [-0.39, 0.29) is 22.8 Å². The van der Waals surface area contributed by atoms with Gasteiger partial charge in [0.05, 0.1) is 17.5 Å². The van der Waals surface area contributed by atoms with Crippen molar-refractivity contribution in [3.05, 3.63) is 84.9 Å². The van der Waals surface area contributed by atoms with E-state index in [0.717, 1.165) is 18.6 Å². The van der Waals surface area contributed by atoms with Gasteiger partial charge < -0.3 is 14.2 Å². The lowest BCUT2D eigenvalue weighted by atomic mass is 9.94. The first-order chi connectivity index (χ1) is 15.3. The Morgan fingerprint density at radius 1 is 0.742 bits per heavy atom. The van der Waals surface area contributed by atoms with E-state index in [0.29, 0.717) is 13.2 Å². The summed E-state index contributed by atoms with van der Waals surface area (Å²) in [6, 6.07) is 29.9. The van der Waals surface area contributed by atoms with Gasteiger partial charge in [-0.2, -0.15) is 0 Å². The Labute approximate surface area is 187 Å². The van der Waals surface area contributed by atoms with Crippen molar-refractivity contribution in [1.29, 1.82) is 0 Å². The first-order valence-electron chi connectivity index (χ1n) is 11.2. The summed E-state index contributed by atoms with van der Waals surface area (Å²) in [7, 11) is -0.137. The molecule has 3 nitrogen and oxygen atoms in total. The van der Waals surface area contributed by atoms with Crippen molar-refractivity contribution in [2.24, 2.45) is 0 Å². The van der Waals surface area contributed by atoms with Crippen molar-refractivity contribution in [3.8, 4) is 5.75 Å². The van der Waals surface area contributed by atoms with E-state index in [1.807, 2.05) is 0 Å². The number of hydrogen-bond acceptors (Lipinski definition) is 3. The summed E-state index contributed by atoms with van der Waals surface area (Å²) in [5.74, 6) is 0.539. The monoisotopic (exact) mass is 433 g/mol. The summed E-state index contributed by atoms with van der Waals surface area (Å²) >= 11 is 0. The highest BCUT2D eigenvalue weighted by molar-refractivity contribution is 7.97. The minimum Gasteiger partial charge on any atom is -0.491 e. The van der Waals surface area contributed by atoms with E-state index in [1.165, 1.54) is 33.9 Å². The fourth-order valence-corrected chi connectivity index (χ4v) is 6.52. The van der Waals surface area contributed by atoms with Gasteiger partial charge in [-0.3, -0.25) is 0 Å². The lowest BCUT2D eigenvalue weighted by Gasteiger charge is -2.31. The first kappa shape index (κ1) is 20.6. The van der Waals surface area contributed by atoms with Gasteiger partial charge in [-0.15, -0.1) is 0 Å². The molecular formula is C27H29O3S+. The smallest absolute Gasteiger partial charge is 0.169 e. The number of rotatable bonds is 6.